The van der Waals surface area contributed by atoms with E-state index >= 15 is 0 Å². The molecule has 0 spiro atoms. The van der Waals surface area contributed by atoms with Crippen LogP contribution in [0.1, 0.15) is 5.56 Å². The zero-order valence-electron chi connectivity index (χ0n) is 11.1. The molecule has 0 unspecified atom stereocenters. The normalized spacial score (nSPS) is 11.0. The van der Waals surface area contributed by atoms with Crippen LogP contribution in [0, 0.1) is 11.6 Å². The topological polar surface area (TPSA) is 27.1 Å². The van der Waals surface area contributed by atoms with Gasteiger partial charge < -0.3 is 9.30 Å². The summed E-state index contributed by atoms with van der Waals surface area (Å²) in [4.78, 5) is 4.10. The summed E-state index contributed by atoms with van der Waals surface area (Å²) in [6.45, 7) is 0.0988. The molecule has 0 atom stereocenters. The quantitative estimate of drug-likeness (QED) is 0.708. The molecule has 0 saturated carbocycles. The fourth-order valence-electron chi connectivity index (χ4n) is 2.29. The number of ether oxygens (including phenoxy) is 1. The average molecular weight is 353 g/mol. The highest BCUT2D eigenvalue weighted by Crippen LogP contribution is 2.26. The van der Waals surface area contributed by atoms with Crippen molar-refractivity contribution in [2.24, 2.45) is 0 Å². The Kier molecular flexibility index (Phi) is 3.63. The predicted molar refractivity (Wildman–Crippen MR) is 79.4 cm³/mol. The van der Waals surface area contributed by atoms with Crippen LogP contribution in [-0.4, -0.2) is 16.7 Å². The van der Waals surface area contributed by atoms with E-state index in [4.69, 9.17) is 4.74 Å². The standard InChI is InChI=1S/C15H11BrF2N2O/c1-21-15-10-3-5-20(14(10)2-4-19-15)8-11-12(17)6-9(16)7-13(11)18/h2-7H,8H2,1H3. The van der Waals surface area contributed by atoms with Crippen LogP contribution < -0.4 is 4.74 Å². The molecule has 6 heteroatoms. The van der Waals surface area contributed by atoms with Crippen molar-refractivity contribution in [2.45, 2.75) is 6.54 Å². The lowest BCUT2D eigenvalue weighted by Gasteiger charge is -2.09. The molecule has 1 aromatic carbocycles. The van der Waals surface area contributed by atoms with Crippen molar-refractivity contribution in [2.75, 3.05) is 7.11 Å². The third kappa shape index (κ3) is 2.51. The molecule has 2 aromatic heterocycles. The average Bonchev–Trinajstić information content (AvgIpc) is 2.85. The number of nitrogens with zero attached hydrogens (tertiary/aromatic N) is 2. The second kappa shape index (κ2) is 5.44. The summed E-state index contributed by atoms with van der Waals surface area (Å²) in [5, 5.41) is 0.804. The Morgan fingerprint density at radius 2 is 1.95 bits per heavy atom. The van der Waals surface area contributed by atoms with E-state index in [1.54, 1.807) is 23.0 Å². The lowest BCUT2D eigenvalue weighted by atomic mass is 10.2. The molecule has 0 fully saturated rings. The van der Waals surface area contributed by atoms with Gasteiger partial charge in [0.25, 0.3) is 0 Å². The van der Waals surface area contributed by atoms with Gasteiger partial charge in [-0.15, -0.1) is 0 Å². The number of fused-ring (bicyclic) bond motifs is 1. The Morgan fingerprint density at radius 3 is 2.62 bits per heavy atom. The van der Waals surface area contributed by atoms with Crippen LogP contribution >= 0.6 is 15.9 Å². The van der Waals surface area contributed by atoms with E-state index < -0.39 is 11.6 Å². The molecule has 0 amide bonds. The fraction of sp³-hybridized carbons (Fsp3) is 0.133. The summed E-state index contributed by atoms with van der Waals surface area (Å²) in [6, 6.07) is 6.11. The third-order valence-corrected chi connectivity index (χ3v) is 3.75. The van der Waals surface area contributed by atoms with Crippen molar-refractivity contribution in [3.63, 3.8) is 0 Å². The second-order valence-electron chi connectivity index (χ2n) is 4.54. The van der Waals surface area contributed by atoms with Crippen LogP contribution in [0.5, 0.6) is 5.88 Å². The number of hydrogen-bond donors (Lipinski definition) is 0. The van der Waals surface area contributed by atoms with Gasteiger partial charge in [0.15, 0.2) is 0 Å². The molecular weight excluding hydrogens is 342 g/mol. The molecule has 0 radical (unpaired) electrons. The van der Waals surface area contributed by atoms with Crippen molar-refractivity contribution in [3.05, 3.63) is 58.3 Å². The first kappa shape index (κ1) is 14.0. The molecule has 3 nitrogen and oxygen atoms in total. The van der Waals surface area contributed by atoms with Gasteiger partial charge in [-0.25, -0.2) is 13.8 Å². The number of aromatic nitrogens is 2. The third-order valence-electron chi connectivity index (χ3n) is 3.29. The number of halogens is 3. The van der Waals surface area contributed by atoms with E-state index in [0.29, 0.717) is 10.4 Å². The lowest BCUT2D eigenvalue weighted by molar-refractivity contribution is 0.403. The maximum Gasteiger partial charge on any atom is 0.222 e. The summed E-state index contributed by atoms with van der Waals surface area (Å²) in [6.07, 6.45) is 3.36. The Labute approximate surface area is 128 Å². The number of hydrogen-bond acceptors (Lipinski definition) is 2. The molecule has 0 saturated heterocycles. The molecule has 3 aromatic rings. The molecule has 21 heavy (non-hydrogen) atoms. The van der Waals surface area contributed by atoms with Crippen LogP contribution in [0.2, 0.25) is 0 Å². The molecule has 0 bridgehead atoms. The number of rotatable bonds is 3. The minimum absolute atomic E-state index is 0.0199. The Bertz CT molecular complexity index is 794. The van der Waals surface area contributed by atoms with Crippen LogP contribution in [0.3, 0.4) is 0 Å². The molecular formula is C15H11BrF2N2O. The molecule has 3 rings (SSSR count). The smallest absolute Gasteiger partial charge is 0.222 e. The van der Waals surface area contributed by atoms with Gasteiger partial charge in [0, 0.05) is 22.4 Å². The maximum absolute atomic E-state index is 13.9. The van der Waals surface area contributed by atoms with Crippen molar-refractivity contribution >= 4 is 26.8 Å². The SMILES string of the molecule is COc1nccc2c1ccn2Cc1c(F)cc(Br)cc1F. The highest BCUT2D eigenvalue weighted by Gasteiger charge is 2.13. The van der Waals surface area contributed by atoms with E-state index in [1.165, 1.54) is 19.2 Å². The van der Waals surface area contributed by atoms with Crippen molar-refractivity contribution < 1.29 is 13.5 Å². The van der Waals surface area contributed by atoms with Crippen LogP contribution in [0.25, 0.3) is 10.9 Å². The Morgan fingerprint density at radius 1 is 1.24 bits per heavy atom. The monoisotopic (exact) mass is 352 g/mol. The summed E-state index contributed by atoms with van der Waals surface area (Å²) >= 11 is 3.07. The maximum atomic E-state index is 13.9. The van der Waals surface area contributed by atoms with Gasteiger partial charge in [-0.05, 0) is 24.3 Å². The zero-order chi connectivity index (χ0) is 15.0. The van der Waals surface area contributed by atoms with E-state index in [2.05, 4.69) is 20.9 Å². The first-order valence-electron chi connectivity index (χ1n) is 6.21. The number of benzene rings is 1. The molecule has 0 aliphatic carbocycles. The molecule has 0 aliphatic rings. The molecule has 0 N–H and O–H groups in total. The summed E-state index contributed by atoms with van der Waals surface area (Å²) in [7, 11) is 1.53. The van der Waals surface area contributed by atoms with Crippen LogP contribution in [0.15, 0.2) is 41.1 Å². The van der Waals surface area contributed by atoms with Crippen LogP contribution in [0.4, 0.5) is 8.78 Å². The predicted octanol–water partition coefficient (Wildman–Crippen LogP) is 4.13. The molecule has 108 valence electrons. The van der Waals surface area contributed by atoms with Gasteiger partial charge in [-0.1, -0.05) is 15.9 Å². The molecule has 2 heterocycles. The number of pyridine rings is 1. The van der Waals surface area contributed by atoms with Crippen molar-refractivity contribution in [1.29, 1.82) is 0 Å². The van der Waals surface area contributed by atoms with Crippen molar-refractivity contribution in [3.8, 4) is 5.88 Å². The molecule has 0 aliphatic heterocycles. The highest BCUT2D eigenvalue weighted by atomic mass is 79.9. The van der Waals surface area contributed by atoms with Crippen molar-refractivity contribution in [1.82, 2.24) is 9.55 Å². The van der Waals surface area contributed by atoms with Gasteiger partial charge in [0.2, 0.25) is 5.88 Å². The van der Waals surface area contributed by atoms with Crippen LogP contribution in [-0.2, 0) is 6.54 Å². The van der Waals surface area contributed by atoms with Gasteiger partial charge in [-0.2, -0.15) is 0 Å². The van der Waals surface area contributed by atoms with Gasteiger partial charge in [0.05, 0.1) is 24.6 Å². The first-order valence-corrected chi connectivity index (χ1v) is 7.00. The Hall–Kier alpha value is -1.95. The van der Waals surface area contributed by atoms with Gasteiger partial charge in [0.1, 0.15) is 11.6 Å². The van der Waals surface area contributed by atoms with Gasteiger partial charge >= 0.3 is 0 Å². The fourth-order valence-corrected chi connectivity index (χ4v) is 2.69. The van der Waals surface area contributed by atoms with E-state index in [1.807, 2.05) is 6.07 Å². The zero-order valence-corrected chi connectivity index (χ0v) is 12.7. The Balaban J connectivity index is 2.07. The summed E-state index contributed by atoms with van der Waals surface area (Å²) in [5.41, 5.74) is 0.829. The van der Waals surface area contributed by atoms with E-state index in [9.17, 15) is 8.78 Å². The number of methoxy groups -OCH3 is 1. The van der Waals surface area contributed by atoms with E-state index in [0.717, 1.165) is 10.9 Å². The minimum atomic E-state index is -0.579. The van der Waals surface area contributed by atoms with E-state index in [-0.39, 0.29) is 12.1 Å². The highest BCUT2D eigenvalue weighted by molar-refractivity contribution is 9.10. The summed E-state index contributed by atoms with van der Waals surface area (Å²) in [5.74, 6) is -0.669. The summed E-state index contributed by atoms with van der Waals surface area (Å²) < 4.78 is 35.2. The van der Waals surface area contributed by atoms with Gasteiger partial charge in [-0.3, -0.25) is 0 Å². The second-order valence-corrected chi connectivity index (χ2v) is 5.46. The largest absolute Gasteiger partial charge is 0.481 e. The minimum Gasteiger partial charge on any atom is -0.481 e. The first-order chi connectivity index (χ1) is 10.1. The lowest BCUT2D eigenvalue weighted by Crippen LogP contribution is -2.04.